The molecule has 0 bridgehead atoms. The fourth-order valence-corrected chi connectivity index (χ4v) is 2.16. The molecule has 0 unspecified atom stereocenters. The second-order valence-corrected chi connectivity index (χ2v) is 4.66. The number of benzene rings is 2. The summed E-state index contributed by atoms with van der Waals surface area (Å²) in [6, 6.07) is 7.48. The smallest absolute Gasteiger partial charge is 0.200 e. The van der Waals surface area contributed by atoms with Crippen LogP contribution in [0, 0.1) is 5.82 Å². The zero-order valence-electron chi connectivity index (χ0n) is 11.5. The van der Waals surface area contributed by atoms with E-state index in [4.69, 9.17) is 9.15 Å². The van der Waals surface area contributed by atoms with Gasteiger partial charge in [-0.2, -0.15) is 0 Å². The standard InChI is InChI=1S/C16H11FO5/c1-21-15-5-8(4-12(19)16(15)20)13-7-11(18)10-3-2-9(17)6-14(10)22-13/h2-7,19-20H,1H3. The summed E-state index contributed by atoms with van der Waals surface area (Å²) in [7, 11) is 1.32. The van der Waals surface area contributed by atoms with Crippen LogP contribution in [0.4, 0.5) is 4.39 Å². The van der Waals surface area contributed by atoms with Crippen molar-refractivity contribution in [1.82, 2.24) is 0 Å². The van der Waals surface area contributed by atoms with Gasteiger partial charge in [0.25, 0.3) is 0 Å². The molecule has 112 valence electrons. The monoisotopic (exact) mass is 302 g/mol. The van der Waals surface area contributed by atoms with Gasteiger partial charge < -0.3 is 19.4 Å². The lowest BCUT2D eigenvalue weighted by molar-refractivity contribution is 0.351. The maximum Gasteiger partial charge on any atom is 0.200 e. The molecular formula is C16H11FO5. The van der Waals surface area contributed by atoms with E-state index in [0.717, 1.165) is 6.07 Å². The average Bonchev–Trinajstić information content (AvgIpc) is 2.49. The molecule has 1 aromatic heterocycles. The molecule has 2 N–H and O–H groups in total. The van der Waals surface area contributed by atoms with Crippen LogP contribution in [-0.4, -0.2) is 17.3 Å². The molecule has 0 atom stereocenters. The highest BCUT2D eigenvalue weighted by Gasteiger charge is 2.14. The molecule has 0 aliphatic carbocycles. The number of halogens is 1. The van der Waals surface area contributed by atoms with Crippen LogP contribution in [0.25, 0.3) is 22.3 Å². The number of hydrogen-bond acceptors (Lipinski definition) is 5. The second kappa shape index (κ2) is 5.07. The van der Waals surface area contributed by atoms with Crippen molar-refractivity contribution in [3.8, 4) is 28.6 Å². The summed E-state index contributed by atoms with van der Waals surface area (Å²) in [6.07, 6.45) is 0. The molecule has 0 saturated carbocycles. The Bertz CT molecular complexity index is 930. The zero-order valence-corrected chi connectivity index (χ0v) is 11.5. The highest BCUT2D eigenvalue weighted by Crippen LogP contribution is 2.39. The fraction of sp³-hybridized carbons (Fsp3) is 0.0625. The van der Waals surface area contributed by atoms with E-state index in [1.807, 2.05) is 0 Å². The van der Waals surface area contributed by atoms with E-state index in [1.165, 1.54) is 37.4 Å². The number of phenols is 2. The van der Waals surface area contributed by atoms with E-state index in [9.17, 15) is 19.4 Å². The zero-order chi connectivity index (χ0) is 15.9. The van der Waals surface area contributed by atoms with E-state index in [-0.39, 0.29) is 27.9 Å². The molecule has 22 heavy (non-hydrogen) atoms. The molecule has 0 radical (unpaired) electrons. The van der Waals surface area contributed by atoms with Gasteiger partial charge in [0, 0.05) is 17.7 Å². The lowest BCUT2D eigenvalue weighted by Gasteiger charge is -2.09. The van der Waals surface area contributed by atoms with Crippen molar-refractivity contribution in [2.45, 2.75) is 0 Å². The van der Waals surface area contributed by atoms with Crippen LogP contribution in [0.1, 0.15) is 0 Å². The molecule has 0 aliphatic rings. The third kappa shape index (κ3) is 2.24. The first-order chi connectivity index (χ1) is 10.5. The maximum absolute atomic E-state index is 13.3. The molecule has 0 amide bonds. The van der Waals surface area contributed by atoms with Gasteiger partial charge in [0.15, 0.2) is 16.9 Å². The Kier molecular flexibility index (Phi) is 3.21. The van der Waals surface area contributed by atoms with E-state index in [2.05, 4.69) is 0 Å². The van der Waals surface area contributed by atoms with Gasteiger partial charge in [-0.1, -0.05) is 0 Å². The molecule has 0 fully saturated rings. The lowest BCUT2D eigenvalue weighted by Crippen LogP contribution is -2.00. The Hall–Kier alpha value is -3.02. The van der Waals surface area contributed by atoms with Crippen molar-refractivity contribution < 1.29 is 23.8 Å². The Labute approximate surface area is 123 Å². The van der Waals surface area contributed by atoms with Gasteiger partial charge >= 0.3 is 0 Å². The summed E-state index contributed by atoms with van der Waals surface area (Å²) < 4.78 is 23.7. The van der Waals surface area contributed by atoms with Gasteiger partial charge in [-0.3, -0.25) is 4.79 Å². The highest BCUT2D eigenvalue weighted by atomic mass is 19.1. The Balaban J connectivity index is 2.26. The number of phenolic OH excluding ortho intramolecular Hbond substituents is 2. The summed E-state index contributed by atoms with van der Waals surface area (Å²) in [5.41, 5.74) is 0.0622. The minimum Gasteiger partial charge on any atom is -0.504 e. The minimum atomic E-state index is -0.529. The molecule has 0 spiro atoms. The summed E-state index contributed by atoms with van der Waals surface area (Å²) in [4.78, 5) is 12.1. The van der Waals surface area contributed by atoms with Crippen LogP contribution in [0.15, 0.2) is 45.6 Å². The fourth-order valence-electron chi connectivity index (χ4n) is 2.16. The average molecular weight is 302 g/mol. The molecular weight excluding hydrogens is 291 g/mol. The topological polar surface area (TPSA) is 79.9 Å². The lowest BCUT2D eigenvalue weighted by atomic mass is 10.1. The Morgan fingerprint density at radius 3 is 2.64 bits per heavy atom. The number of fused-ring (bicyclic) bond motifs is 1. The molecule has 3 aromatic rings. The van der Waals surface area contributed by atoms with Crippen molar-refractivity contribution in [1.29, 1.82) is 0 Å². The van der Waals surface area contributed by atoms with Crippen LogP contribution < -0.4 is 10.2 Å². The number of methoxy groups -OCH3 is 1. The summed E-state index contributed by atoms with van der Waals surface area (Å²) in [6.45, 7) is 0. The van der Waals surface area contributed by atoms with E-state index in [1.54, 1.807) is 0 Å². The van der Waals surface area contributed by atoms with Gasteiger partial charge in [-0.05, 0) is 24.3 Å². The summed E-state index contributed by atoms with van der Waals surface area (Å²) >= 11 is 0. The SMILES string of the molecule is COc1cc(-c2cc(=O)c3ccc(F)cc3o2)cc(O)c1O. The number of aromatic hydroxyl groups is 2. The quantitative estimate of drug-likeness (QED) is 0.711. The van der Waals surface area contributed by atoms with Gasteiger partial charge in [0.2, 0.25) is 5.75 Å². The Morgan fingerprint density at radius 1 is 1.14 bits per heavy atom. The molecule has 3 rings (SSSR count). The number of ether oxygens (including phenoxy) is 1. The molecule has 5 nitrogen and oxygen atoms in total. The van der Waals surface area contributed by atoms with Gasteiger partial charge in [-0.25, -0.2) is 4.39 Å². The first kappa shape index (κ1) is 13.9. The van der Waals surface area contributed by atoms with E-state index >= 15 is 0 Å². The Morgan fingerprint density at radius 2 is 1.91 bits per heavy atom. The van der Waals surface area contributed by atoms with E-state index < -0.39 is 17.3 Å². The van der Waals surface area contributed by atoms with E-state index in [0.29, 0.717) is 5.56 Å². The first-order valence-electron chi connectivity index (χ1n) is 6.33. The van der Waals surface area contributed by atoms with Gasteiger partial charge in [-0.15, -0.1) is 0 Å². The van der Waals surface area contributed by atoms with Crippen LogP contribution in [0.3, 0.4) is 0 Å². The summed E-state index contributed by atoms with van der Waals surface area (Å²) in [5, 5.41) is 19.6. The van der Waals surface area contributed by atoms with Crippen LogP contribution in [0.5, 0.6) is 17.2 Å². The van der Waals surface area contributed by atoms with Crippen molar-refractivity contribution in [3.05, 3.63) is 52.4 Å². The van der Waals surface area contributed by atoms with Gasteiger partial charge in [0.05, 0.1) is 12.5 Å². The minimum absolute atomic E-state index is 0.0250. The van der Waals surface area contributed by atoms with Crippen LogP contribution in [-0.2, 0) is 0 Å². The van der Waals surface area contributed by atoms with Crippen molar-refractivity contribution in [3.63, 3.8) is 0 Å². The van der Waals surface area contributed by atoms with Gasteiger partial charge in [0.1, 0.15) is 17.2 Å². The largest absolute Gasteiger partial charge is 0.504 e. The van der Waals surface area contributed by atoms with Crippen LogP contribution >= 0.6 is 0 Å². The first-order valence-corrected chi connectivity index (χ1v) is 6.33. The molecule has 6 heteroatoms. The van der Waals surface area contributed by atoms with Crippen molar-refractivity contribution in [2.75, 3.05) is 7.11 Å². The highest BCUT2D eigenvalue weighted by molar-refractivity contribution is 5.79. The second-order valence-electron chi connectivity index (χ2n) is 4.66. The predicted octanol–water partition coefficient (Wildman–Crippen LogP) is 3.02. The maximum atomic E-state index is 13.3. The van der Waals surface area contributed by atoms with Crippen molar-refractivity contribution >= 4 is 11.0 Å². The molecule has 0 aliphatic heterocycles. The normalized spacial score (nSPS) is 10.8. The summed E-state index contributed by atoms with van der Waals surface area (Å²) in [5.74, 6) is -1.22. The third-order valence-electron chi connectivity index (χ3n) is 3.25. The molecule has 1 heterocycles. The van der Waals surface area contributed by atoms with Crippen molar-refractivity contribution in [2.24, 2.45) is 0 Å². The number of rotatable bonds is 2. The number of hydrogen-bond donors (Lipinski definition) is 2. The third-order valence-corrected chi connectivity index (χ3v) is 3.25. The molecule has 0 saturated heterocycles. The van der Waals surface area contributed by atoms with Crippen LogP contribution in [0.2, 0.25) is 0 Å². The predicted molar refractivity (Wildman–Crippen MR) is 77.8 cm³/mol. The molecule has 2 aromatic carbocycles.